The highest BCUT2D eigenvalue weighted by Gasteiger charge is 2.58. The first-order valence-corrected chi connectivity index (χ1v) is 8.87. The fraction of sp³-hybridized carbons (Fsp3) is 0.842. The van der Waals surface area contributed by atoms with Crippen LogP contribution >= 0.6 is 0 Å². The maximum absolute atomic E-state index is 11.8. The van der Waals surface area contributed by atoms with Gasteiger partial charge in [0.2, 0.25) is 0 Å². The standard InChI is InChI=1S/C19H28O2/c1-18-9-7-13(20)11-12(18)3-4-14-15-5-6-17(21)19(15,2)10-8-16(14)18/h11,14-17,21H,3-10H2,1-2H3/t14-,15?,16?,17-,18-,19-/m1/s1. The van der Waals surface area contributed by atoms with Crippen LogP contribution < -0.4 is 0 Å². The van der Waals surface area contributed by atoms with Crippen LogP contribution in [0.4, 0.5) is 0 Å². The first-order valence-electron chi connectivity index (χ1n) is 8.87. The summed E-state index contributed by atoms with van der Waals surface area (Å²) in [4.78, 5) is 11.8. The minimum Gasteiger partial charge on any atom is -0.393 e. The summed E-state index contributed by atoms with van der Waals surface area (Å²) in [6, 6.07) is 0. The van der Waals surface area contributed by atoms with Crippen molar-refractivity contribution in [2.45, 2.75) is 71.3 Å². The molecule has 0 saturated heterocycles. The Kier molecular flexibility index (Phi) is 2.96. The van der Waals surface area contributed by atoms with Crippen LogP contribution in [-0.2, 0) is 4.79 Å². The zero-order chi connectivity index (χ0) is 14.8. The van der Waals surface area contributed by atoms with Crippen LogP contribution in [0.3, 0.4) is 0 Å². The highest BCUT2D eigenvalue weighted by Crippen LogP contribution is 2.65. The highest BCUT2D eigenvalue weighted by atomic mass is 16.3. The molecule has 2 nitrogen and oxygen atoms in total. The van der Waals surface area contributed by atoms with Crippen molar-refractivity contribution >= 4 is 5.78 Å². The number of carbonyl (C=O) groups excluding carboxylic acids is 1. The van der Waals surface area contributed by atoms with Crippen LogP contribution in [0.2, 0.25) is 0 Å². The molecule has 3 saturated carbocycles. The molecular formula is C19H28O2. The largest absolute Gasteiger partial charge is 0.393 e. The van der Waals surface area contributed by atoms with Crippen molar-refractivity contribution in [3.8, 4) is 0 Å². The minimum absolute atomic E-state index is 0.0823. The molecule has 2 heteroatoms. The molecule has 4 aliphatic rings. The SMILES string of the molecule is C[C@@]12CCC(=O)C=C1CC[C@H]1C2CC[C@]2(C)C1CC[C@H]2O. The molecule has 0 aliphatic heterocycles. The van der Waals surface area contributed by atoms with Crippen LogP contribution in [0.5, 0.6) is 0 Å². The number of carbonyl (C=O) groups is 1. The van der Waals surface area contributed by atoms with Gasteiger partial charge in [0.1, 0.15) is 0 Å². The normalized spacial score (nSPS) is 52.7. The summed E-state index contributed by atoms with van der Waals surface area (Å²) in [5, 5.41) is 10.4. The smallest absolute Gasteiger partial charge is 0.155 e. The summed E-state index contributed by atoms with van der Waals surface area (Å²) in [5.74, 6) is 2.57. The average molecular weight is 288 g/mol. The molecule has 21 heavy (non-hydrogen) atoms. The van der Waals surface area contributed by atoms with Gasteiger partial charge in [0.15, 0.2) is 5.78 Å². The number of aliphatic hydroxyl groups excluding tert-OH is 1. The van der Waals surface area contributed by atoms with E-state index in [-0.39, 0.29) is 16.9 Å². The van der Waals surface area contributed by atoms with E-state index in [4.69, 9.17) is 0 Å². The summed E-state index contributed by atoms with van der Waals surface area (Å²) in [5.41, 5.74) is 1.89. The topological polar surface area (TPSA) is 37.3 Å². The molecule has 0 aromatic carbocycles. The lowest BCUT2D eigenvalue weighted by atomic mass is 9.47. The van der Waals surface area contributed by atoms with Crippen LogP contribution in [0.1, 0.15) is 65.2 Å². The molecule has 0 spiro atoms. The third kappa shape index (κ3) is 1.78. The maximum atomic E-state index is 11.8. The molecule has 4 rings (SSSR count). The van der Waals surface area contributed by atoms with Crippen molar-refractivity contribution in [1.29, 1.82) is 0 Å². The molecule has 0 amide bonds. The second kappa shape index (κ2) is 4.44. The fourth-order valence-electron chi connectivity index (χ4n) is 6.53. The van der Waals surface area contributed by atoms with Gasteiger partial charge in [0.25, 0.3) is 0 Å². The van der Waals surface area contributed by atoms with E-state index in [0.717, 1.165) is 37.5 Å². The van der Waals surface area contributed by atoms with E-state index in [9.17, 15) is 9.90 Å². The molecule has 2 unspecified atom stereocenters. The number of fused-ring (bicyclic) bond motifs is 5. The highest BCUT2D eigenvalue weighted by molar-refractivity contribution is 5.91. The molecule has 0 bridgehead atoms. The lowest BCUT2D eigenvalue weighted by Crippen LogP contribution is -2.51. The van der Waals surface area contributed by atoms with Crippen molar-refractivity contribution < 1.29 is 9.90 Å². The Bertz CT molecular complexity index is 508. The molecule has 1 N–H and O–H groups in total. The molecule has 0 heterocycles. The molecule has 0 aromatic rings. The number of hydrogen-bond acceptors (Lipinski definition) is 2. The maximum Gasteiger partial charge on any atom is 0.155 e. The fourth-order valence-corrected chi connectivity index (χ4v) is 6.53. The first-order chi connectivity index (χ1) is 9.95. The van der Waals surface area contributed by atoms with Gasteiger partial charge in [-0.05, 0) is 79.6 Å². The molecular weight excluding hydrogens is 260 g/mol. The summed E-state index contributed by atoms with van der Waals surface area (Å²) in [7, 11) is 0. The van der Waals surface area contributed by atoms with Gasteiger partial charge in [0.05, 0.1) is 6.10 Å². The molecule has 116 valence electrons. The lowest BCUT2D eigenvalue weighted by molar-refractivity contribution is -0.118. The second-order valence-corrected chi connectivity index (χ2v) is 8.61. The summed E-state index contributed by atoms with van der Waals surface area (Å²) in [6.45, 7) is 4.76. The van der Waals surface area contributed by atoms with Gasteiger partial charge < -0.3 is 5.11 Å². The third-order valence-corrected chi connectivity index (χ3v) is 7.91. The van der Waals surface area contributed by atoms with Crippen molar-refractivity contribution in [2.24, 2.45) is 28.6 Å². The van der Waals surface area contributed by atoms with Gasteiger partial charge in [0, 0.05) is 6.42 Å². The van der Waals surface area contributed by atoms with E-state index in [1.54, 1.807) is 0 Å². The minimum atomic E-state index is -0.0823. The lowest BCUT2D eigenvalue weighted by Gasteiger charge is -2.57. The Labute approximate surface area is 128 Å². The Balaban J connectivity index is 1.69. The molecule has 0 radical (unpaired) electrons. The van der Waals surface area contributed by atoms with Crippen LogP contribution in [-0.4, -0.2) is 17.0 Å². The monoisotopic (exact) mass is 288 g/mol. The van der Waals surface area contributed by atoms with E-state index < -0.39 is 0 Å². The summed E-state index contributed by atoms with van der Waals surface area (Å²) in [6.07, 6.45) is 10.7. The van der Waals surface area contributed by atoms with Gasteiger partial charge in [-0.2, -0.15) is 0 Å². The first kappa shape index (κ1) is 14.0. The van der Waals surface area contributed by atoms with Gasteiger partial charge in [-0.15, -0.1) is 0 Å². The van der Waals surface area contributed by atoms with Gasteiger partial charge in [-0.1, -0.05) is 19.4 Å². The van der Waals surface area contributed by atoms with Crippen LogP contribution in [0, 0.1) is 28.6 Å². The Morgan fingerprint density at radius 1 is 1.05 bits per heavy atom. The van der Waals surface area contributed by atoms with Crippen molar-refractivity contribution in [3.63, 3.8) is 0 Å². The second-order valence-electron chi connectivity index (χ2n) is 8.61. The third-order valence-electron chi connectivity index (χ3n) is 7.91. The van der Waals surface area contributed by atoms with Crippen molar-refractivity contribution in [2.75, 3.05) is 0 Å². The number of aliphatic hydroxyl groups is 1. The van der Waals surface area contributed by atoms with E-state index in [0.29, 0.717) is 11.7 Å². The van der Waals surface area contributed by atoms with E-state index in [1.165, 1.54) is 31.3 Å². The Morgan fingerprint density at radius 2 is 1.86 bits per heavy atom. The molecule has 4 aliphatic carbocycles. The zero-order valence-corrected chi connectivity index (χ0v) is 13.4. The Morgan fingerprint density at radius 3 is 2.67 bits per heavy atom. The van der Waals surface area contributed by atoms with E-state index in [2.05, 4.69) is 13.8 Å². The number of rotatable bonds is 0. The van der Waals surface area contributed by atoms with Crippen LogP contribution in [0.15, 0.2) is 11.6 Å². The van der Waals surface area contributed by atoms with Crippen molar-refractivity contribution in [3.05, 3.63) is 11.6 Å². The zero-order valence-electron chi connectivity index (χ0n) is 13.4. The van der Waals surface area contributed by atoms with Gasteiger partial charge >= 0.3 is 0 Å². The van der Waals surface area contributed by atoms with Crippen LogP contribution in [0.25, 0.3) is 0 Å². The van der Waals surface area contributed by atoms with E-state index >= 15 is 0 Å². The number of hydrogen-bond donors (Lipinski definition) is 1. The summed E-state index contributed by atoms with van der Waals surface area (Å²) >= 11 is 0. The summed E-state index contributed by atoms with van der Waals surface area (Å²) < 4.78 is 0. The molecule has 6 atom stereocenters. The number of allylic oxidation sites excluding steroid dienone is 1. The molecule has 0 aromatic heterocycles. The van der Waals surface area contributed by atoms with E-state index in [1.807, 2.05) is 6.08 Å². The predicted octanol–water partition coefficient (Wildman–Crippen LogP) is 3.88. The quantitative estimate of drug-likeness (QED) is 0.734. The number of ketones is 1. The average Bonchev–Trinajstić information content (AvgIpc) is 2.76. The Hall–Kier alpha value is -0.630. The molecule has 3 fully saturated rings. The van der Waals surface area contributed by atoms with Gasteiger partial charge in [-0.3, -0.25) is 4.79 Å². The van der Waals surface area contributed by atoms with Gasteiger partial charge in [-0.25, -0.2) is 0 Å². The van der Waals surface area contributed by atoms with Crippen molar-refractivity contribution in [1.82, 2.24) is 0 Å². The predicted molar refractivity (Wildman–Crippen MR) is 82.7 cm³/mol.